The van der Waals surface area contributed by atoms with Gasteiger partial charge in [-0.15, -0.1) is 0 Å². The minimum absolute atomic E-state index is 0.138. The number of nitrogens with zero attached hydrogens (tertiary/aromatic N) is 3. The van der Waals surface area contributed by atoms with Gasteiger partial charge < -0.3 is 14.7 Å². The number of likely N-dealkylation sites (tertiary alicyclic amines) is 3. The number of urea groups is 1. The lowest BCUT2D eigenvalue weighted by molar-refractivity contribution is -0.135. The number of amides is 3. The van der Waals surface area contributed by atoms with Gasteiger partial charge in [0.2, 0.25) is 5.91 Å². The Morgan fingerprint density at radius 3 is 2.60 bits per heavy atom. The average molecular weight is 341 g/mol. The summed E-state index contributed by atoms with van der Waals surface area (Å²) in [4.78, 5) is 31.6. The number of benzene rings is 1. The van der Waals surface area contributed by atoms with Gasteiger partial charge >= 0.3 is 6.03 Å². The minimum Gasteiger partial charge on any atom is -0.338 e. The van der Waals surface area contributed by atoms with Crippen molar-refractivity contribution in [2.75, 3.05) is 32.7 Å². The Hall–Kier alpha value is -2.04. The molecule has 0 N–H and O–H groups in total. The first-order valence-corrected chi connectivity index (χ1v) is 9.46. The second-order valence-corrected chi connectivity index (χ2v) is 7.89. The van der Waals surface area contributed by atoms with E-state index in [1.807, 2.05) is 20.8 Å². The summed E-state index contributed by atoms with van der Waals surface area (Å²) in [6, 6.07) is 8.50. The minimum atomic E-state index is -0.334. The van der Waals surface area contributed by atoms with Crippen molar-refractivity contribution in [1.29, 1.82) is 0 Å². The van der Waals surface area contributed by atoms with E-state index in [0.29, 0.717) is 13.1 Å². The van der Waals surface area contributed by atoms with E-state index in [2.05, 4.69) is 25.1 Å². The van der Waals surface area contributed by atoms with Gasteiger partial charge in [-0.3, -0.25) is 4.79 Å². The molecule has 0 aromatic heterocycles. The Morgan fingerprint density at radius 1 is 1.08 bits per heavy atom. The molecule has 0 radical (unpaired) electrons. The van der Waals surface area contributed by atoms with Crippen molar-refractivity contribution in [1.82, 2.24) is 14.7 Å². The van der Waals surface area contributed by atoms with Crippen LogP contribution in [0, 0.1) is 12.3 Å². The van der Waals surface area contributed by atoms with Gasteiger partial charge in [0.15, 0.2) is 0 Å². The highest BCUT2D eigenvalue weighted by molar-refractivity contribution is 5.87. The summed E-state index contributed by atoms with van der Waals surface area (Å²) in [7, 11) is 0. The maximum atomic E-state index is 13.1. The van der Waals surface area contributed by atoms with Crippen molar-refractivity contribution >= 4 is 11.9 Å². The monoisotopic (exact) mass is 341 g/mol. The first-order chi connectivity index (χ1) is 12.1. The maximum Gasteiger partial charge on any atom is 0.320 e. The smallest absolute Gasteiger partial charge is 0.320 e. The van der Waals surface area contributed by atoms with Gasteiger partial charge in [-0.1, -0.05) is 29.8 Å². The number of hydrogen-bond acceptors (Lipinski definition) is 2. The van der Waals surface area contributed by atoms with Gasteiger partial charge in [-0.05, 0) is 38.2 Å². The maximum absolute atomic E-state index is 13.1. The molecule has 1 aromatic carbocycles. The van der Waals surface area contributed by atoms with Crippen molar-refractivity contribution in [2.24, 2.45) is 5.41 Å². The molecule has 3 saturated heterocycles. The largest absolute Gasteiger partial charge is 0.338 e. The highest BCUT2D eigenvalue weighted by atomic mass is 16.2. The van der Waals surface area contributed by atoms with E-state index in [-0.39, 0.29) is 17.4 Å². The molecule has 3 aliphatic rings. The van der Waals surface area contributed by atoms with Crippen molar-refractivity contribution in [3.63, 3.8) is 0 Å². The molecular formula is C20H27N3O2. The third-order valence-corrected chi connectivity index (χ3v) is 6.06. The first-order valence-electron chi connectivity index (χ1n) is 9.46. The van der Waals surface area contributed by atoms with Crippen LogP contribution in [0.2, 0.25) is 0 Å². The number of hydrogen-bond donors (Lipinski definition) is 0. The van der Waals surface area contributed by atoms with Crippen LogP contribution in [0.3, 0.4) is 0 Å². The fourth-order valence-electron chi connectivity index (χ4n) is 4.60. The van der Waals surface area contributed by atoms with Gasteiger partial charge in [0.1, 0.15) is 0 Å². The zero-order valence-electron chi connectivity index (χ0n) is 15.0. The highest BCUT2D eigenvalue weighted by Gasteiger charge is 2.52. The van der Waals surface area contributed by atoms with Crippen molar-refractivity contribution in [2.45, 2.75) is 39.2 Å². The quantitative estimate of drug-likeness (QED) is 0.830. The standard InChI is InChI=1S/C20H27N3O2/c1-16-5-4-6-17(13-16)14-22-11-7-20(18(22)24)8-12-23(15-20)19(25)21-9-2-3-10-21/h4-6,13H,2-3,7-12,14-15H2,1H3/t20-/m0/s1. The highest BCUT2D eigenvalue weighted by Crippen LogP contribution is 2.41. The summed E-state index contributed by atoms with van der Waals surface area (Å²) < 4.78 is 0. The fraction of sp³-hybridized carbons (Fsp3) is 0.600. The van der Waals surface area contributed by atoms with Gasteiger partial charge in [-0.25, -0.2) is 4.79 Å². The number of aryl methyl sites for hydroxylation is 1. The van der Waals surface area contributed by atoms with Crippen LogP contribution in [0.25, 0.3) is 0 Å². The fourth-order valence-corrected chi connectivity index (χ4v) is 4.60. The number of carbonyl (C=O) groups excluding carboxylic acids is 2. The second-order valence-electron chi connectivity index (χ2n) is 7.89. The normalized spacial score (nSPS) is 26.3. The number of carbonyl (C=O) groups is 2. The summed E-state index contributed by atoms with van der Waals surface area (Å²) in [6.07, 6.45) is 3.90. The molecule has 0 saturated carbocycles. The van der Waals surface area contributed by atoms with Crippen molar-refractivity contribution in [3.05, 3.63) is 35.4 Å². The Morgan fingerprint density at radius 2 is 1.84 bits per heavy atom. The Bertz CT molecular complexity index is 683. The third-order valence-electron chi connectivity index (χ3n) is 6.06. The molecule has 3 heterocycles. The molecule has 25 heavy (non-hydrogen) atoms. The topological polar surface area (TPSA) is 43.9 Å². The van der Waals surface area contributed by atoms with Gasteiger partial charge in [0.25, 0.3) is 0 Å². The van der Waals surface area contributed by atoms with Crippen molar-refractivity contribution in [3.8, 4) is 0 Å². The molecule has 3 aliphatic heterocycles. The first kappa shape index (κ1) is 16.4. The van der Waals surface area contributed by atoms with Crippen LogP contribution in [0.5, 0.6) is 0 Å². The second kappa shape index (κ2) is 6.36. The Balaban J connectivity index is 1.42. The molecular weight excluding hydrogens is 314 g/mol. The van der Waals surface area contributed by atoms with E-state index in [4.69, 9.17) is 0 Å². The summed E-state index contributed by atoms with van der Waals surface area (Å²) in [5.74, 6) is 0.241. The van der Waals surface area contributed by atoms with Crippen LogP contribution in [0.1, 0.15) is 36.8 Å². The third kappa shape index (κ3) is 3.00. The predicted molar refractivity (Wildman–Crippen MR) is 96.0 cm³/mol. The summed E-state index contributed by atoms with van der Waals surface area (Å²) in [5, 5.41) is 0. The summed E-state index contributed by atoms with van der Waals surface area (Å²) in [5.41, 5.74) is 2.08. The average Bonchev–Trinajstić information content (AvgIpc) is 3.33. The molecule has 4 rings (SSSR count). The SMILES string of the molecule is Cc1cccc(CN2CC[C@@]3(CCN(C(=O)N4CCCC4)C3)C2=O)c1. The lowest BCUT2D eigenvalue weighted by Gasteiger charge is -2.26. The van der Waals surface area contributed by atoms with Gasteiger partial charge in [0.05, 0.1) is 5.41 Å². The number of rotatable bonds is 2. The molecule has 1 atom stereocenters. The molecule has 0 unspecified atom stereocenters. The molecule has 134 valence electrons. The lowest BCUT2D eigenvalue weighted by atomic mass is 9.85. The molecule has 0 bridgehead atoms. The van der Waals surface area contributed by atoms with Gasteiger partial charge in [0, 0.05) is 39.3 Å². The van der Waals surface area contributed by atoms with E-state index < -0.39 is 0 Å². The van der Waals surface area contributed by atoms with E-state index in [9.17, 15) is 9.59 Å². The molecule has 0 aliphatic carbocycles. The predicted octanol–water partition coefficient (Wildman–Crippen LogP) is 2.64. The summed E-state index contributed by atoms with van der Waals surface area (Å²) >= 11 is 0. The Kier molecular flexibility index (Phi) is 4.18. The van der Waals surface area contributed by atoms with Crippen LogP contribution in [0.15, 0.2) is 24.3 Å². The van der Waals surface area contributed by atoms with Crippen LogP contribution in [-0.4, -0.2) is 59.4 Å². The molecule has 3 amide bonds. The Labute approximate surface area is 149 Å². The lowest BCUT2D eigenvalue weighted by Crippen LogP contribution is -2.43. The summed E-state index contributed by atoms with van der Waals surface area (Å²) in [6.45, 7) is 6.63. The van der Waals surface area contributed by atoms with E-state index >= 15 is 0 Å². The van der Waals surface area contributed by atoms with Crippen LogP contribution in [0.4, 0.5) is 4.79 Å². The van der Waals surface area contributed by atoms with E-state index in [0.717, 1.165) is 51.9 Å². The molecule has 3 fully saturated rings. The van der Waals surface area contributed by atoms with Crippen LogP contribution >= 0.6 is 0 Å². The molecule has 1 aromatic rings. The molecule has 5 nitrogen and oxygen atoms in total. The van der Waals surface area contributed by atoms with Gasteiger partial charge in [-0.2, -0.15) is 0 Å². The van der Waals surface area contributed by atoms with E-state index in [1.165, 1.54) is 11.1 Å². The van der Waals surface area contributed by atoms with Crippen LogP contribution in [-0.2, 0) is 11.3 Å². The molecule has 1 spiro atoms. The van der Waals surface area contributed by atoms with Crippen molar-refractivity contribution < 1.29 is 9.59 Å². The zero-order chi connectivity index (χ0) is 17.4. The zero-order valence-corrected chi connectivity index (χ0v) is 15.0. The van der Waals surface area contributed by atoms with E-state index in [1.54, 1.807) is 0 Å². The molecule has 5 heteroatoms. The van der Waals surface area contributed by atoms with Crippen LogP contribution < -0.4 is 0 Å².